The number of hydrogen-bond donors (Lipinski definition) is 2. The molecule has 0 bridgehead atoms. The summed E-state index contributed by atoms with van der Waals surface area (Å²) in [6, 6.07) is 1.21. The van der Waals surface area contributed by atoms with Crippen molar-refractivity contribution in [2.45, 2.75) is 33.2 Å². The van der Waals surface area contributed by atoms with Gasteiger partial charge in [0.15, 0.2) is 0 Å². The molecule has 0 saturated heterocycles. The lowest BCUT2D eigenvalue weighted by Gasteiger charge is -2.18. The summed E-state index contributed by atoms with van der Waals surface area (Å²) in [4.78, 5) is 23.2. The van der Waals surface area contributed by atoms with E-state index in [1.54, 1.807) is 6.92 Å². The summed E-state index contributed by atoms with van der Waals surface area (Å²) in [7, 11) is 0. The summed E-state index contributed by atoms with van der Waals surface area (Å²) in [6.07, 6.45) is 0.786. The van der Waals surface area contributed by atoms with E-state index in [-0.39, 0.29) is 30.0 Å². The number of halogens is 1. The minimum atomic E-state index is -0.475. The second kappa shape index (κ2) is 8.18. The van der Waals surface area contributed by atoms with Crippen molar-refractivity contribution in [2.75, 3.05) is 6.54 Å². The number of aryl methyl sites for hydroxylation is 1. The molecule has 6 nitrogen and oxygen atoms in total. The topological polar surface area (TPSA) is 98.3 Å². The van der Waals surface area contributed by atoms with Crippen LogP contribution in [0.3, 0.4) is 0 Å². The van der Waals surface area contributed by atoms with E-state index in [0.717, 1.165) is 17.8 Å². The largest absolute Gasteiger partial charge is 0.347 e. The third-order valence-corrected chi connectivity index (χ3v) is 3.73. The SMILES string of the molecule is Cc1sc(C(=O)NC(CN)CC(C)C)cc1[N+](=O)[O-].Cl. The lowest BCUT2D eigenvalue weighted by atomic mass is 10.0. The second-order valence-electron chi connectivity index (χ2n) is 4.84. The van der Waals surface area contributed by atoms with E-state index >= 15 is 0 Å². The fraction of sp³-hybridized carbons (Fsp3) is 0.583. The highest BCUT2D eigenvalue weighted by Gasteiger charge is 2.21. The van der Waals surface area contributed by atoms with Crippen LogP contribution >= 0.6 is 23.7 Å². The van der Waals surface area contributed by atoms with Gasteiger partial charge in [0, 0.05) is 18.7 Å². The predicted molar refractivity (Wildman–Crippen MR) is 82.7 cm³/mol. The van der Waals surface area contributed by atoms with Crippen LogP contribution in [0.4, 0.5) is 5.69 Å². The number of nitro groups is 1. The van der Waals surface area contributed by atoms with Gasteiger partial charge < -0.3 is 11.1 Å². The van der Waals surface area contributed by atoms with Gasteiger partial charge >= 0.3 is 0 Å². The molecule has 0 aliphatic rings. The van der Waals surface area contributed by atoms with E-state index in [9.17, 15) is 14.9 Å². The number of carbonyl (C=O) groups excluding carboxylic acids is 1. The molecule has 0 fully saturated rings. The molecule has 8 heteroatoms. The van der Waals surface area contributed by atoms with Crippen LogP contribution in [-0.4, -0.2) is 23.4 Å². The maximum Gasteiger partial charge on any atom is 0.283 e. The third kappa shape index (κ3) is 5.07. The van der Waals surface area contributed by atoms with Crippen molar-refractivity contribution in [1.82, 2.24) is 5.32 Å². The molecular weight excluding hydrogens is 302 g/mol. The maximum absolute atomic E-state index is 12.0. The Hall–Kier alpha value is -1.18. The first kappa shape index (κ1) is 18.8. The quantitative estimate of drug-likeness (QED) is 0.621. The summed E-state index contributed by atoms with van der Waals surface area (Å²) in [5.41, 5.74) is 5.60. The zero-order valence-corrected chi connectivity index (χ0v) is 13.3. The maximum atomic E-state index is 12.0. The average molecular weight is 322 g/mol. The monoisotopic (exact) mass is 321 g/mol. The van der Waals surface area contributed by atoms with Gasteiger partial charge in [0.1, 0.15) is 0 Å². The molecule has 0 radical (unpaired) electrons. The molecule has 0 aliphatic heterocycles. The van der Waals surface area contributed by atoms with Crippen molar-refractivity contribution in [3.63, 3.8) is 0 Å². The highest BCUT2D eigenvalue weighted by molar-refractivity contribution is 7.14. The number of nitrogens with zero attached hydrogens (tertiary/aromatic N) is 1. The van der Waals surface area contributed by atoms with E-state index in [2.05, 4.69) is 19.2 Å². The Morgan fingerprint density at radius 3 is 2.55 bits per heavy atom. The molecule has 20 heavy (non-hydrogen) atoms. The highest BCUT2D eigenvalue weighted by Crippen LogP contribution is 2.28. The summed E-state index contributed by atoms with van der Waals surface area (Å²) < 4.78 is 0. The molecule has 1 rings (SSSR count). The Morgan fingerprint density at radius 2 is 2.15 bits per heavy atom. The number of nitrogens with one attached hydrogen (secondary N) is 1. The number of nitrogens with two attached hydrogens (primary N) is 1. The molecule has 114 valence electrons. The molecule has 1 unspecified atom stereocenters. The number of hydrogen-bond acceptors (Lipinski definition) is 5. The van der Waals surface area contributed by atoms with Crippen molar-refractivity contribution in [3.8, 4) is 0 Å². The van der Waals surface area contributed by atoms with Crippen LogP contribution < -0.4 is 11.1 Å². The van der Waals surface area contributed by atoms with Crippen LogP contribution in [-0.2, 0) is 0 Å². The van der Waals surface area contributed by atoms with Gasteiger partial charge in [-0.25, -0.2) is 0 Å². The lowest BCUT2D eigenvalue weighted by molar-refractivity contribution is -0.385. The minimum absolute atomic E-state index is 0. The predicted octanol–water partition coefficient (Wildman–Crippen LogP) is 2.49. The lowest BCUT2D eigenvalue weighted by Crippen LogP contribution is -2.40. The summed E-state index contributed by atoms with van der Waals surface area (Å²) in [5.74, 6) is 0.130. The van der Waals surface area contributed by atoms with Crippen molar-refractivity contribution >= 4 is 35.3 Å². The Balaban J connectivity index is 0.00000361. The van der Waals surface area contributed by atoms with E-state index in [1.165, 1.54) is 6.07 Å². The normalized spacial score (nSPS) is 11.8. The third-order valence-electron chi connectivity index (χ3n) is 2.69. The molecule has 1 aromatic heterocycles. The molecule has 1 atom stereocenters. The van der Waals surface area contributed by atoms with E-state index in [0.29, 0.717) is 22.2 Å². The molecule has 1 heterocycles. The molecule has 0 spiro atoms. The van der Waals surface area contributed by atoms with Gasteiger partial charge in [-0.05, 0) is 19.3 Å². The van der Waals surface area contributed by atoms with Crippen LogP contribution in [0.5, 0.6) is 0 Å². The Bertz CT molecular complexity index is 477. The zero-order valence-electron chi connectivity index (χ0n) is 11.7. The highest BCUT2D eigenvalue weighted by atomic mass is 35.5. The first-order chi connectivity index (χ1) is 8.85. The van der Waals surface area contributed by atoms with Crippen LogP contribution in [0.25, 0.3) is 0 Å². The van der Waals surface area contributed by atoms with Crippen LogP contribution in [0.1, 0.15) is 34.8 Å². The summed E-state index contributed by atoms with van der Waals surface area (Å²) in [6.45, 7) is 6.09. The van der Waals surface area contributed by atoms with Crippen LogP contribution in [0, 0.1) is 23.0 Å². The standard InChI is InChI=1S/C12H19N3O3S.ClH/c1-7(2)4-9(6-13)14-12(16)11-5-10(15(17)18)8(3)19-11;/h5,7,9H,4,6,13H2,1-3H3,(H,14,16);1H. The Morgan fingerprint density at radius 1 is 1.55 bits per heavy atom. The second-order valence-corrected chi connectivity index (χ2v) is 6.10. The van der Waals surface area contributed by atoms with Gasteiger partial charge in [0.05, 0.1) is 14.7 Å². The van der Waals surface area contributed by atoms with Crippen LogP contribution in [0.2, 0.25) is 0 Å². The van der Waals surface area contributed by atoms with Crippen LogP contribution in [0.15, 0.2) is 6.07 Å². The molecule has 3 N–H and O–H groups in total. The average Bonchev–Trinajstić information content (AvgIpc) is 2.70. The molecular formula is C12H20ClN3O3S. The molecule has 0 aliphatic carbocycles. The van der Waals surface area contributed by atoms with Crippen molar-refractivity contribution < 1.29 is 9.72 Å². The van der Waals surface area contributed by atoms with Gasteiger partial charge in [-0.3, -0.25) is 14.9 Å². The fourth-order valence-corrected chi connectivity index (χ4v) is 2.70. The van der Waals surface area contributed by atoms with Gasteiger partial charge in [0.2, 0.25) is 0 Å². The van der Waals surface area contributed by atoms with Gasteiger partial charge in [0.25, 0.3) is 11.6 Å². The van der Waals surface area contributed by atoms with Gasteiger partial charge in [-0.15, -0.1) is 23.7 Å². The number of rotatable bonds is 6. The molecule has 0 saturated carbocycles. The molecule has 1 amide bonds. The number of carbonyl (C=O) groups is 1. The number of thiophene rings is 1. The summed E-state index contributed by atoms with van der Waals surface area (Å²) in [5, 5.41) is 13.6. The van der Waals surface area contributed by atoms with E-state index in [1.807, 2.05) is 0 Å². The van der Waals surface area contributed by atoms with Gasteiger partial charge in [-0.1, -0.05) is 13.8 Å². The first-order valence-electron chi connectivity index (χ1n) is 6.10. The molecule has 0 aromatic carbocycles. The van der Waals surface area contributed by atoms with Crippen molar-refractivity contribution in [3.05, 3.63) is 25.9 Å². The van der Waals surface area contributed by atoms with E-state index < -0.39 is 4.92 Å². The number of amides is 1. The molecule has 1 aromatic rings. The Kier molecular flexibility index (Phi) is 7.70. The smallest absolute Gasteiger partial charge is 0.283 e. The van der Waals surface area contributed by atoms with Crippen molar-refractivity contribution in [1.29, 1.82) is 0 Å². The first-order valence-corrected chi connectivity index (χ1v) is 6.92. The van der Waals surface area contributed by atoms with E-state index in [4.69, 9.17) is 5.73 Å². The minimum Gasteiger partial charge on any atom is -0.347 e. The fourth-order valence-electron chi connectivity index (χ4n) is 1.81. The van der Waals surface area contributed by atoms with Gasteiger partial charge in [-0.2, -0.15) is 0 Å². The van der Waals surface area contributed by atoms with Crippen molar-refractivity contribution in [2.24, 2.45) is 11.7 Å². The Labute approximate surface area is 128 Å². The summed E-state index contributed by atoms with van der Waals surface area (Å²) >= 11 is 1.13. The zero-order chi connectivity index (χ0) is 14.6.